The Balaban J connectivity index is 1.76. The Morgan fingerprint density at radius 3 is 2.65 bits per heavy atom. The third-order valence-electron chi connectivity index (χ3n) is 6.64. The van der Waals surface area contributed by atoms with E-state index in [-0.39, 0.29) is 35.9 Å². The first-order valence-electron chi connectivity index (χ1n) is 13.1. The molecule has 1 aliphatic heterocycles. The quantitative estimate of drug-likeness (QED) is 0.466. The van der Waals surface area contributed by atoms with Crippen LogP contribution in [-0.4, -0.2) is 56.6 Å². The molecule has 0 radical (unpaired) electrons. The molecule has 0 bridgehead atoms. The summed E-state index contributed by atoms with van der Waals surface area (Å²) in [6.07, 6.45) is 1.02. The number of piperidine rings is 1. The van der Waals surface area contributed by atoms with E-state index in [0.29, 0.717) is 24.8 Å². The first-order valence-corrected chi connectivity index (χ1v) is 13.1. The molecule has 0 aliphatic carbocycles. The number of anilines is 1. The summed E-state index contributed by atoms with van der Waals surface area (Å²) < 4.78 is 29.2. The Hall–Kier alpha value is -4.27. The number of methoxy groups -OCH3 is 1. The molecule has 1 N–H and O–H groups in total. The van der Waals surface area contributed by atoms with Crippen LogP contribution in [0, 0.1) is 17.7 Å². The maximum atomic E-state index is 14.7. The second kappa shape index (κ2) is 11.5. The maximum absolute atomic E-state index is 14.7. The molecule has 1 amide bonds. The second-order valence-electron chi connectivity index (χ2n) is 10.7. The predicted molar refractivity (Wildman–Crippen MR) is 149 cm³/mol. The number of carbonyl (C=O) groups excluding carboxylic acids is 1. The predicted octanol–water partition coefficient (Wildman–Crippen LogP) is 2.61. The number of aromatic nitrogens is 4. The topological polar surface area (TPSA) is 113 Å². The number of fused-ring (bicyclic) bond motifs is 1. The smallest absolute Gasteiger partial charge is 0.407 e. The molecule has 11 nitrogen and oxygen atoms in total. The fourth-order valence-corrected chi connectivity index (χ4v) is 4.75. The Bertz CT molecular complexity index is 1600. The summed E-state index contributed by atoms with van der Waals surface area (Å²) in [5.74, 6) is 6.05. The summed E-state index contributed by atoms with van der Waals surface area (Å²) in [5.41, 5.74) is -1.26. The summed E-state index contributed by atoms with van der Waals surface area (Å²) >= 11 is 0. The van der Waals surface area contributed by atoms with E-state index in [1.807, 2.05) is 4.90 Å². The van der Waals surface area contributed by atoms with Crippen LogP contribution in [-0.2, 0) is 24.9 Å². The zero-order valence-electron chi connectivity index (χ0n) is 23.7. The highest BCUT2D eigenvalue weighted by Gasteiger charge is 2.29. The van der Waals surface area contributed by atoms with E-state index in [1.165, 1.54) is 30.9 Å². The van der Waals surface area contributed by atoms with Crippen molar-refractivity contribution in [3.63, 3.8) is 0 Å². The SMILES string of the molecule is CC#CCn1c(N2CCC[C@@H](NC(=O)OC(C)(C)C)C2)nc2c1c(=O)n(Cc1ccc(OC)cc1F)c(=O)n2C. The van der Waals surface area contributed by atoms with Crippen LogP contribution in [0.25, 0.3) is 11.2 Å². The van der Waals surface area contributed by atoms with E-state index < -0.39 is 28.8 Å². The van der Waals surface area contributed by atoms with E-state index in [1.54, 1.807) is 38.3 Å². The molecule has 1 aromatic carbocycles. The molecule has 3 heterocycles. The summed E-state index contributed by atoms with van der Waals surface area (Å²) in [7, 11) is 2.96. The number of aryl methyl sites for hydroxylation is 1. The third-order valence-corrected chi connectivity index (χ3v) is 6.64. The summed E-state index contributed by atoms with van der Waals surface area (Å²) in [6.45, 7) is 8.07. The number of hydrogen-bond acceptors (Lipinski definition) is 7. The number of ether oxygens (including phenoxy) is 2. The van der Waals surface area contributed by atoms with Gasteiger partial charge < -0.3 is 19.7 Å². The number of halogens is 1. The minimum Gasteiger partial charge on any atom is -0.497 e. The number of nitrogens with zero attached hydrogens (tertiary/aromatic N) is 5. The van der Waals surface area contributed by atoms with Gasteiger partial charge in [-0.15, -0.1) is 5.92 Å². The van der Waals surface area contributed by atoms with Gasteiger partial charge in [0, 0.05) is 37.8 Å². The lowest BCUT2D eigenvalue weighted by atomic mass is 10.1. The molecule has 0 saturated carbocycles. The van der Waals surface area contributed by atoms with Crippen molar-refractivity contribution in [2.75, 3.05) is 25.1 Å². The monoisotopic (exact) mass is 554 g/mol. The van der Waals surface area contributed by atoms with Crippen molar-refractivity contribution in [1.82, 2.24) is 24.0 Å². The van der Waals surface area contributed by atoms with Crippen LogP contribution in [0.15, 0.2) is 27.8 Å². The van der Waals surface area contributed by atoms with Gasteiger partial charge in [0.25, 0.3) is 5.56 Å². The maximum Gasteiger partial charge on any atom is 0.407 e. The molecule has 12 heteroatoms. The lowest BCUT2D eigenvalue weighted by molar-refractivity contribution is 0.0499. The molecule has 214 valence electrons. The minimum absolute atomic E-state index is 0.160. The highest BCUT2D eigenvalue weighted by molar-refractivity contribution is 5.75. The molecule has 0 spiro atoms. The molecule has 4 rings (SSSR count). The summed E-state index contributed by atoms with van der Waals surface area (Å²) in [4.78, 5) is 46.1. The number of hydrogen-bond donors (Lipinski definition) is 1. The standard InChI is InChI=1S/C28H35FN6O5/c1-7-8-14-34-22-23(31-25(34)33-13-9-10-19(17-33)30-26(37)40-28(2,3)4)32(5)27(38)35(24(22)36)16-18-11-12-20(39-6)15-21(18)29/h11-12,15,19H,9-10,13-14,16-17H2,1-6H3,(H,30,37)/t19-/m1/s1. The van der Waals surface area contributed by atoms with Crippen molar-refractivity contribution in [1.29, 1.82) is 0 Å². The van der Waals surface area contributed by atoms with Crippen molar-refractivity contribution >= 4 is 23.2 Å². The Kier molecular flexibility index (Phi) is 8.23. The summed E-state index contributed by atoms with van der Waals surface area (Å²) in [6, 6.07) is 4.07. The van der Waals surface area contributed by atoms with E-state index >= 15 is 0 Å². The molecule has 1 saturated heterocycles. The van der Waals surface area contributed by atoms with Crippen LogP contribution in [0.2, 0.25) is 0 Å². The van der Waals surface area contributed by atoms with E-state index in [4.69, 9.17) is 14.5 Å². The number of amides is 1. The van der Waals surface area contributed by atoms with E-state index in [0.717, 1.165) is 17.4 Å². The lowest BCUT2D eigenvalue weighted by Gasteiger charge is -2.34. The van der Waals surface area contributed by atoms with Crippen molar-refractivity contribution in [3.05, 3.63) is 50.4 Å². The number of alkyl carbamates (subject to hydrolysis) is 1. The first kappa shape index (κ1) is 28.7. The van der Waals surface area contributed by atoms with Crippen LogP contribution in [0.4, 0.5) is 15.1 Å². The number of nitrogens with one attached hydrogen (secondary N) is 1. The largest absolute Gasteiger partial charge is 0.497 e. The highest BCUT2D eigenvalue weighted by atomic mass is 19.1. The lowest BCUT2D eigenvalue weighted by Crippen LogP contribution is -2.49. The van der Waals surface area contributed by atoms with Gasteiger partial charge >= 0.3 is 11.8 Å². The first-order chi connectivity index (χ1) is 18.9. The van der Waals surface area contributed by atoms with Gasteiger partial charge in [-0.05, 0) is 46.6 Å². The number of imidazole rings is 1. The second-order valence-corrected chi connectivity index (χ2v) is 10.7. The molecule has 1 fully saturated rings. The van der Waals surface area contributed by atoms with Gasteiger partial charge in [0.15, 0.2) is 11.2 Å². The third kappa shape index (κ3) is 5.98. The molecule has 1 atom stereocenters. The number of benzene rings is 1. The molecular weight excluding hydrogens is 519 g/mol. The van der Waals surface area contributed by atoms with Crippen LogP contribution in [0.5, 0.6) is 5.75 Å². The molecule has 1 aliphatic rings. The Morgan fingerprint density at radius 1 is 1.25 bits per heavy atom. The van der Waals surface area contributed by atoms with Crippen molar-refractivity contribution in [2.24, 2.45) is 7.05 Å². The van der Waals surface area contributed by atoms with Gasteiger partial charge in [-0.3, -0.25) is 18.5 Å². The zero-order valence-corrected chi connectivity index (χ0v) is 23.7. The fraction of sp³-hybridized carbons (Fsp3) is 0.500. The molecule has 0 unspecified atom stereocenters. The van der Waals surface area contributed by atoms with Gasteiger partial charge in [-0.25, -0.2) is 14.0 Å². The molecule has 3 aromatic rings. The Morgan fingerprint density at radius 2 is 2.00 bits per heavy atom. The van der Waals surface area contributed by atoms with Crippen molar-refractivity contribution < 1.29 is 18.7 Å². The number of rotatable bonds is 6. The highest BCUT2D eigenvalue weighted by Crippen LogP contribution is 2.24. The van der Waals surface area contributed by atoms with E-state index in [2.05, 4.69) is 17.2 Å². The molecular formula is C28H35FN6O5. The number of carbonyl (C=O) groups is 1. The van der Waals surface area contributed by atoms with Crippen LogP contribution < -0.4 is 26.2 Å². The van der Waals surface area contributed by atoms with Gasteiger partial charge in [0.2, 0.25) is 5.95 Å². The van der Waals surface area contributed by atoms with Crippen molar-refractivity contribution in [2.45, 2.75) is 65.3 Å². The fourth-order valence-electron chi connectivity index (χ4n) is 4.75. The summed E-state index contributed by atoms with van der Waals surface area (Å²) in [5, 5.41) is 2.92. The minimum atomic E-state index is -0.620. The van der Waals surface area contributed by atoms with Crippen molar-refractivity contribution in [3.8, 4) is 17.6 Å². The van der Waals surface area contributed by atoms with Gasteiger partial charge in [0.1, 0.15) is 17.2 Å². The molecule has 2 aromatic heterocycles. The van der Waals surface area contributed by atoms with Gasteiger partial charge in [-0.1, -0.05) is 12.0 Å². The van der Waals surface area contributed by atoms with Crippen LogP contribution >= 0.6 is 0 Å². The van der Waals surface area contributed by atoms with Crippen LogP contribution in [0.3, 0.4) is 0 Å². The van der Waals surface area contributed by atoms with Crippen LogP contribution in [0.1, 0.15) is 46.1 Å². The van der Waals surface area contributed by atoms with E-state index in [9.17, 15) is 18.8 Å². The normalized spacial score (nSPS) is 15.5. The average molecular weight is 555 g/mol. The molecule has 40 heavy (non-hydrogen) atoms. The zero-order chi connectivity index (χ0) is 29.2. The van der Waals surface area contributed by atoms with Gasteiger partial charge in [0.05, 0.1) is 20.2 Å². The Labute approximate surface area is 231 Å². The average Bonchev–Trinajstić information content (AvgIpc) is 3.28. The van der Waals surface area contributed by atoms with Gasteiger partial charge in [-0.2, -0.15) is 4.98 Å².